The Balaban J connectivity index is 1.37. The monoisotopic (exact) mass is 363 g/mol. The molecular formula is C19H17N5O3. The summed E-state index contributed by atoms with van der Waals surface area (Å²) in [7, 11) is 0. The lowest BCUT2D eigenvalue weighted by atomic mass is 10.2. The Labute approximate surface area is 155 Å². The van der Waals surface area contributed by atoms with E-state index >= 15 is 0 Å². The van der Waals surface area contributed by atoms with E-state index in [0.717, 1.165) is 5.56 Å². The maximum Gasteiger partial charge on any atom is 0.276 e. The van der Waals surface area contributed by atoms with E-state index in [4.69, 9.17) is 9.47 Å². The van der Waals surface area contributed by atoms with Gasteiger partial charge in [-0.15, -0.1) is 10.2 Å². The quantitative estimate of drug-likeness (QED) is 0.719. The van der Waals surface area contributed by atoms with Crippen LogP contribution in [0.15, 0.2) is 54.9 Å². The zero-order chi connectivity index (χ0) is 18.5. The van der Waals surface area contributed by atoms with E-state index in [0.29, 0.717) is 42.8 Å². The van der Waals surface area contributed by atoms with Crippen molar-refractivity contribution in [3.63, 3.8) is 0 Å². The van der Waals surface area contributed by atoms with Gasteiger partial charge in [0, 0.05) is 30.7 Å². The van der Waals surface area contributed by atoms with Crippen LogP contribution in [0.25, 0.3) is 0 Å². The van der Waals surface area contributed by atoms with Crippen LogP contribution in [0.2, 0.25) is 0 Å². The SMILES string of the molecule is O=C(Nc1ccc2c(c1)OCCO2)c1ccc(NCc2cccnc2)nn1. The van der Waals surface area contributed by atoms with Crippen molar-refractivity contribution in [2.45, 2.75) is 6.54 Å². The first kappa shape index (κ1) is 16.8. The van der Waals surface area contributed by atoms with Crippen molar-refractivity contribution in [2.24, 2.45) is 0 Å². The summed E-state index contributed by atoms with van der Waals surface area (Å²) in [6.45, 7) is 1.59. The summed E-state index contributed by atoms with van der Waals surface area (Å²) in [5.41, 5.74) is 1.85. The highest BCUT2D eigenvalue weighted by Crippen LogP contribution is 2.32. The van der Waals surface area contributed by atoms with Gasteiger partial charge in [-0.3, -0.25) is 9.78 Å². The molecule has 4 rings (SSSR count). The molecule has 3 heterocycles. The third kappa shape index (κ3) is 4.12. The fourth-order valence-electron chi connectivity index (χ4n) is 2.56. The van der Waals surface area contributed by atoms with Gasteiger partial charge in [-0.25, -0.2) is 0 Å². The smallest absolute Gasteiger partial charge is 0.276 e. The molecular weight excluding hydrogens is 346 g/mol. The third-order valence-corrected chi connectivity index (χ3v) is 3.89. The Kier molecular flexibility index (Phi) is 4.78. The van der Waals surface area contributed by atoms with E-state index in [1.54, 1.807) is 42.7 Å². The number of ether oxygens (including phenoxy) is 2. The van der Waals surface area contributed by atoms with Crippen molar-refractivity contribution in [2.75, 3.05) is 23.8 Å². The molecule has 2 N–H and O–H groups in total. The number of aromatic nitrogens is 3. The number of carbonyl (C=O) groups is 1. The van der Waals surface area contributed by atoms with Gasteiger partial charge < -0.3 is 20.1 Å². The minimum atomic E-state index is -0.349. The van der Waals surface area contributed by atoms with Gasteiger partial charge in [-0.2, -0.15) is 0 Å². The number of hydrogen-bond acceptors (Lipinski definition) is 7. The van der Waals surface area contributed by atoms with Crippen LogP contribution in [0.3, 0.4) is 0 Å². The predicted molar refractivity (Wildman–Crippen MR) is 99.0 cm³/mol. The van der Waals surface area contributed by atoms with Crippen molar-refractivity contribution in [1.29, 1.82) is 0 Å². The number of hydrogen-bond donors (Lipinski definition) is 2. The van der Waals surface area contributed by atoms with Crippen LogP contribution in [0.4, 0.5) is 11.5 Å². The summed E-state index contributed by atoms with van der Waals surface area (Å²) in [5.74, 6) is 1.51. The van der Waals surface area contributed by atoms with E-state index in [2.05, 4.69) is 25.8 Å². The van der Waals surface area contributed by atoms with Crippen molar-refractivity contribution in [3.05, 3.63) is 66.1 Å². The largest absolute Gasteiger partial charge is 0.486 e. The number of amides is 1. The average Bonchev–Trinajstić information content (AvgIpc) is 2.73. The fraction of sp³-hybridized carbons (Fsp3) is 0.158. The highest BCUT2D eigenvalue weighted by molar-refractivity contribution is 6.02. The lowest BCUT2D eigenvalue weighted by molar-refractivity contribution is 0.102. The molecule has 1 aliphatic rings. The van der Waals surface area contributed by atoms with Crippen LogP contribution in [-0.2, 0) is 6.54 Å². The molecule has 27 heavy (non-hydrogen) atoms. The number of nitrogens with zero attached hydrogens (tertiary/aromatic N) is 3. The molecule has 2 aromatic heterocycles. The van der Waals surface area contributed by atoms with Gasteiger partial charge in [-0.05, 0) is 35.9 Å². The second-order valence-electron chi connectivity index (χ2n) is 5.83. The first-order chi connectivity index (χ1) is 13.3. The van der Waals surface area contributed by atoms with Gasteiger partial charge >= 0.3 is 0 Å². The lowest BCUT2D eigenvalue weighted by Crippen LogP contribution is -2.17. The molecule has 0 radical (unpaired) electrons. The lowest BCUT2D eigenvalue weighted by Gasteiger charge is -2.18. The number of fused-ring (bicyclic) bond motifs is 1. The highest BCUT2D eigenvalue weighted by atomic mass is 16.6. The molecule has 136 valence electrons. The number of pyridine rings is 1. The number of nitrogens with one attached hydrogen (secondary N) is 2. The van der Waals surface area contributed by atoms with E-state index < -0.39 is 0 Å². The zero-order valence-electron chi connectivity index (χ0n) is 14.4. The molecule has 8 nitrogen and oxygen atoms in total. The summed E-state index contributed by atoms with van der Waals surface area (Å²) in [5, 5.41) is 13.9. The van der Waals surface area contributed by atoms with Crippen molar-refractivity contribution in [1.82, 2.24) is 15.2 Å². The van der Waals surface area contributed by atoms with Gasteiger partial charge in [0.2, 0.25) is 0 Å². The highest BCUT2D eigenvalue weighted by Gasteiger charge is 2.14. The minimum Gasteiger partial charge on any atom is -0.486 e. The topological polar surface area (TPSA) is 98.3 Å². The van der Waals surface area contributed by atoms with Gasteiger partial charge in [0.25, 0.3) is 5.91 Å². The average molecular weight is 363 g/mol. The molecule has 0 bridgehead atoms. The Morgan fingerprint density at radius 3 is 2.70 bits per heavy atom. The van der Waals surface area contributed by atoms with Crippen molar-refractivity contribution in [3.8, 4) is 11.5 Å². The molecule has 1 aromatic carbocycles. The van der Waals surface area contributed by atoms with Gasteiger partial charge in [0.15, 0.2) is 17.2 Å². The van der Waals surface area contributed by atoms with Crippen LogP contribution >= 0.6 is 0 Å². The van der Waals surface area contributed by atoms with Crippen LogP contribution < -0.4 is 20.1 Å². The molecule has 3 aromatic rings. The first-order valence-corrected chi connectivity index (χ1v) is 8.45. The molecule has 0 saturated carbocycles. The summed E-state index contributed by atoms with van der Waals surface area (Å²) in [6.07, 6.45) is 3.49. The first-order valence-electron chi connectivity index (χ1n) is 8.45. The Morgan fingerprint density at radius 2 is 1.93 bits per heavy atom. The van der Waals surface area contributed by atoms with E-state index in [1.807, 2.05) is 12.1 Å². The summed E-state index contributed by atoms with van der Waals surface area (Å²) < 4.78 is 11.0. The number of carbonyl (C=O) groups excluding carboxylic acids is 1. The van der Waals surface area contributed by atoms with Crippen molar-refractivity contribution >= 4 is 17.4 Å². The normalized spacial score (nSPS) is 12.3. The molecule has 0 spiro atoms. The predicted octanol–water partition coefficient (Wildman–Crippen LogP) is 2.51. The van der Waals surface area contributed by atoms with Crippen LogP contribution in [0.1, 0.15) is 16.1 Å². The Bertz CT molecular complexity index is 932. The van der Waals surface area contributed by atoms with Gasteiger partial charge in [-0.1, -0.05) is 6.07 Å². The summed E-state index contributed by atoms with van der Waals surface area (Å²) in [6, 6.07) is 12.4. The molecule has 0 atom stereocenters. The molecule has 1 aliphatic heterocycles. The zero-order valence-corrected chi connectivity index (χ0v) is 14.4. The molecule has 0 unspecified atom stereocenters. The minimum absolute atomic E-state index is 0.219. The molecule has 0 fully saturated rings. The fourth-order valence-corrected chi connectivity index (χ4v) is 2.56. The standard InChI is InChI=1S/C19H17N5O3/c25-19(22-14-3-5-16-17(10-14)27-9-8-26-16)15-4-6-18(24-23-15)21-12-13-2-1-7-20-11-13/h1-7,10-11H,8-9,12H2,(H,21,24)(H,22,25). The van der Waals surface area contributed by atoms with Gasteiger partial charge in [0.05, 0.1) is 0 Å². The third-order valence-electron chi connectivity index (χ3n) is 3.89. The van der Waals surface area contributed by atoms with Crippen LogP contribution in [0.5, 0.6) is 11.5 Å². The van der Waals surface area contributed by atoms with E-state index in [9.17, 15) is 4.79 Å². The van der Waals surface area contributed by atoms with Gasteiger partial charge in [0.1, 0.15) is 19.0 Å². The van der Waals surface area contributed by atoms with E-state index in [-0.39, 0.29) is 11.6 Å². The number of benzene rings is 1. The molecule has 0 aliphatic carbocycles. The van der Waals surface area contributed by atoms with Crippen LogP contribution in [0, 0.1) is 0 Å². The second-order valence-corrected chi connectivity index (χ2v) is 5.83. The maximum atomic E-state index is 12.4. The Hall–Kier alpha value is -3.68. The summed E-state index contributed by atoms with van der Waals surface area (Å²) >= 11 is 0. The number of rotatable bonds is 5. The van der Waals surface area contributed by atoms with Crippen LogP contribution in [-0.4, -0.2) is 34.3 Å². The molecule has 0 saturated heterocycles. The molecule has 1 amide bonds. The Morgan fingerprint density at radius 1 is 1.04 bits per heavy atom. The van der Waals surface area contributed by atoms with Crippen molar-refractivity contribution < 1.29 is 14.3 Å². The maximum absolute atomic E-state index is 12.4. The second kappa shape index (κ2) is 7.69. The number of anilines is 2. The molecule has 8 heteroatoms. The van der Waals surface area contributed by atoms with E-state index in [1.165, 1.54) is 0 Å². The summed E-state index contributed by atoms with van der Waals surface area (Å²) in [4.78, 5) is 16.4.